The van der Waals surface area contributed by atoms with Crippen molar-refractivity contribution in [2.45, 2.75) is 19.9 Å². The summed E-state index contributed by atoms with van der Waals surface area (Å²) in [4.78, 5) is 9.62. The van der Waals surface area contributed by atoms with Gasteiger partial charge in [-0.15, -0.1) is 0 Å². The van der Waals surface area contributed by atoms with Gasteiger partial charge in [0.1, 0.15) is 0 Å². The molecular formula is C13H15N3. The molecule has 3 heteroatoms. The van der Waals surface area contributed by atoms with E-state index in [9.17, 15) is 0 Å². The molecule has 0 radical (unpaired) electrons. The Bertz CT molecular complexity index is 488. The highest BCUT2D eigenvalue weighted by atomic mass is 15.2. The quantitative estimate of drug-likeness (QED) is 0.830. The van der Waals surface area contributed by atoms with Crippen molar-refractivity contribution in [2.75, 3.05) is 11.4 Å². The van der Waals surface area contributed by atoms with E-state index in [1.54, 1.807) is 6.33 Å². The Morgan fingerprint density at radius 2 is 2.38 bits per heavy atom. The molecule has 1 aliphatic heterocycles. The molecule has 0 fully saturated rings. The molecule has 2 aromatic rings. The van der Waals surface area contributed by atoms with Crippen LogP contribution >= 0.6 is 0 Å². The number of hydrogen-bond donors (Lipinski definition) is 1. The molecule has 2 heterocycles. The average Bonchev–Trinajstić information content (AvgIpc) is 2.90. The number of hydrogen-bond acceptors (Lipinski definition) is 2. The first-order chi connectivity index (χ1) is 7.84. The average molecular weight is 213 g/mol. The van der Waals surface area contributed by atoms with Crippen LogP contribution in [0.25, 0.3) is 0 Å². The lowest BCUT2D eigenvalue weighted by Gasteiger charge is -2.18. The van der Waals surface area contributed by atoms with Gasteiger partial charge in [0.25, 0.3) is 0 Å². The van der Waals surface area contributed by atoms with Gasteiger partial charge in [-0.1, -0.05) is 12.1 Å². The number of aromatic amines is 1. The van der Waals surface area contributed by atoms with Gasteiger partial charge in [0, 0.05) is 18.4 Å². The molecule has 0 saturated carbocycles. The van der Waals surface area contributed by atoms with E-state index in [0.717, 1.165) is 19.5 Å². The Labute approximate surface area is 95.1 Å². The summed E-state index contributed by atoms with van der Waals surface area (Å²) >= 11 is 0. The van der Waals surface area contributed by atoms with E-state index in [2.05, 4.69) is 40.0 Å². The molecule has 0 bridgehead atoms. The summed E-state index contributed by atoms with van der Waals surface area (Å²) in [5, 5.41) is 0. The Balaban J connectivity index is 1.89. The topological polar surface area (TPSA) is 31.9 Å². The normalized spacial score (nSPS) is 14.2. The minimum atomic E-state index is 0.927. The van der Waals surface area contributed by atoms with Crippen LogP contribution in [-0.2, 0) is 13.0 Å². The maximum atomic E-state index is 4.06. The number of nitrogens with one attached hydrogen (secondary N) is 1. The molecule has 3 nitrogen and oxygen atoms in total. The maximum absolute atomic E-state index is 4.06. The zero-order valence-corrected chi connectivity index (χ0v) is 9.40. The number of nitrogens with zero attached hydrogens (tertiary/aromatic N) is 2. The highest BCUT2D eigenvalue weighted by Crippen LogP contribution is 2.31. The molecule has 0 atom stereocenters. The predicted octanol–water partition coefficient (Wildman–Crippen LogP) is 2.28. The smallest absolute Gasteiger partial charge is 0.0922 e. The number of imidazole rings is 1. The molecule has 0 aliphatic carbocycles. The van der Waals surface area contributed by atoms with Crippen molar-refractivity contribution in [1.82, 2.24) is 9.97 Å². The van der Waals surface area contributed by atoms with Crippen LogP contribution in [0.4, 0.5) is 5.69 Å². The molecular weight excluding hydrogens is 198 g/mol. The zero-order valence-electron chi connectivity index (χ0n) is 9.40. The Morgan fingerprint density at radius 1 is 1.44 bits per heavy atom. The fraction of sp³-hybridized carbons (Fsp3) is 0.308. The van der Waals surface area contributed by atoms with E-state index in [1.165, 1.54) is 22.5 Å². The molecule has 1 aliphatic rings. The third kappa shape index (κ3) is 1.48. The summed E-state index contributed by atoms with van der Waals surface area (Å²) in [6.45, 7) is 4.23. The molecule has 1 aromatic carbocycles. The fourth-order valence-corrected chi connectivity index (χ4v) is 2.42. The summed E-state index contributed by atoms with van der Waals surface area (Å²) in [5.74, 6) is 0. The monoisotopic (exact) mass is 213 g/mol. The number of aryl methyl sites for hydroxylation is 1. The van der Waals surface area contributed by atoms with Crippen molar-refractivity contribution in [3.05, 3.63) is 47.5 Å². The van der Waals surface area contributed by atoms with Gasteiger partial charge in [-0.05, 0) is 30.5 Å². The lowest BCUT2D eigenvalue weighted by molar-refractivity contribution is 0.819. The largest absolute Gasteiger partial charge is 0.365 e. The second-order valence-corrected chi connectivity index (χ2v) is 4.32. The van der Waals surface area contributed by atoms with Crippen molar-refractivity contribution in [3.63, 3.8) is 0 Å². The molecule has 0 saturated heterocycles. The Hall–Kier alpha value is -1.77. The van der Waals surface area contributed by atoms with Crippen LogP contribution < -0.4 is 4.90 Å². The molecule has 0 spiro atoms. The van der Waals surface area contributed by atoms with Crippen LogP contribution in [0.15, 0.2) is 30.7 Å². The van der Waals surface area contributed by atoms with Gasteiger partial charge in [-0.25, -0.2) is 4.98 Å². The number of rotatable bonds is 2. The second kappa shape index (κ2) is 3.67. The Kier molecular flexibility index (Phi) is 2.17. The molecule has 82 valence electrons. The van der Waals surface area contributed by atoms with E-state index in [-0.39, 0.29) is 0 Å². The minimum absolute atomic E-state index is 0.927. The van der Waals surface area contributed by atoms with Crippen molar-refractivity contribution in [1.29, 1.82) is 0 Å². The minimum Gasteiger partial charge on any atom is -0.365 e. The zero-order chi connectivity index (χ0) is 11.0. The van der Waals surface area contributed by atoms with Crippen molar-refractivity contribution in [3.8, 4) is 0 Å². The lowest BCUT2D eigenvalue weighted by Crippen LogP contribution is -2.19. The van der Waals surface area contributed by atoms with Crippen LogP contribution in [0.3, 0.4) is 0 Å². The molecule has 1 N–H and O–H groups in total. The first-order valence-electron chi connectivity index (χ1n) is 5.65. The van der Waals surface area contributed by atoms with Gasteiger partial charge >= 0.3 is 0 Å². The summed E-state index contributed by atoms with van der Waals surface area (Å²) in [7, 11) is 0. The molecule has 3 rings (SSSR count). The van der Waals surface area contributed by atoms with Gasteiger partial charge in [-0.2, -0.15) is 0 Å². The highest BCUT2D eigenvalue weighted by Gasteiger charge is 2.20. The molecule has 1 aromatic heterocycles. The number of aromatic nitrogens is 2. The predicted molar refractivity (Wildman–Crippen MR) is 64.5 cm³/mol. The second-order valence-electron chi connectivity index (χ2n) is 4.32. The first-order valence-corrected chi connectivity index (χ1v) is 5.65. The van der Waals surface area contributed by atoms with E-state index >= 15 is 0 Å². The summed E-state index contributed by atoms with van der Waals surface area (Å²) < 4.78 is 0. The number of benzene rings is 1. The van der Waals surface area contributed by atoms with Gasteiger partial charge in [0.2, 0.25) is 0 Å². The van der Waals surface area contributed by atoms with E-state index in [4.69, 9.17) is 0 Å². The van der Waals surface area contributed by atoms with Crippen LogP contribution in [0.2, 0.25) is 0 Å². The molecule has 16 heavy (non-hydrogen) atoms. The Morgan fingerprint density at radius 3 is 3.19 bits per heavy atom. The van der Waals surface area contributed by atoms with Crippen LogP contribution in [0, 0.1) is 6.92 Å². The lowest BCUT2D eigenvalue weighted by atomic mass is 10.1. The molecule has 0 amide bonds. The van der Waals surface area contributed by atoms with Crippen molar-refractivity contribution < 1.29 is 0 Å². The highest BCUT2D eigenvalue weighted by molar-refractivity contribution is 5.60. The maximum Gasteiger partial charge on any atom is 0.0922 e. The standard InChI is InChI=1S/C13H15N3/c1-10-3-2-4-13-12(10)5-6-16(13)8-11-7-14-9-15-11/h2-4,7,9H,5-6,8H2,1H3,(H,14,15). The van der Waals surface area contributed by atoms with E-state index in [0.29, 0.717) is 0 Å². The third-order valence-corrected chi connectivity index (χ3v) is 3.27. The van der Waals surface area contributed by atoms with Gasteiger partial charge < -0.3 is 9.88 Å². The van der Waals surface area contributed by atoms with Crippen molar-refractivity contribution in [2.24, 2.45) is 0 Å². The third-order valence-electron chi connectivity index (χ3n) is 3.27. The van der Waals surface area contributed by atoms with E-state index < -0.39 is 0 Å². The van der Waals surface area contributed by atoms with Gasteiger partial charge in [0.05, 0.1) is 18.6 Å². The number of H-pyrrole nitrogens is 1. The number of fused-ring (bicyclic) bond motifs is 1. The first kappa shape index (κ1) is 9.46. The summed E-state index contributed by atoms with van der Waals surface area (Å²) in [6.07, 6.45) is 4.80. The molecule has 0 unspecified atom stereocenters. The van der Waals surface area contributed by atoms with Gasteiger partial charge in [-0.3, -0.25) is 0 Å². The van der Waals surface area contributed by atoms with Crippen LogP contribution in [-0.4, -0.2) is 16.5 Å². The van der Waals surface area contributed by atoms with Crippen LogP contribution in [0.1, 0.15) is 16.8 Å². The van der Waals surface area contributed by atoms with Crippen LogP contribution in [0.5, 0.6) is 0 Å². The summed E-state index contributed by atoms with van der Waals surface area (Å²) in [6, 6.07) is 6.55. The fourth-order valence-electron chi connectivity index (χ4n) is 2.42. The van der Waals surface area contributed by atoms with Crippen molar-refractivity contribution >= 4 is 5.69 Å². The summed E-state index contributed by atoms with van der Waals surface area (Å²) in [5.41, 5.74) is 5.47. The van der Waals surface area contributed by atoms with Gasteiger partial charge in [0.15, 0.2) is 0 Å². The SMILES string of the molecule is Cc1cccc2c1CCN2Cc1cnc[nH]1. The van der Waals surface area contributed by atoms with E-state index in [1.807, 2.05) is 6.20 Å². The number of anilines is 1.